The maximum atomic E-state index is 12.3. The molecule has 2 aliphatic rings. The molecule has 3 rings (SSSR count). The first-order valence-electron chi connectivity index (χ1n) is 9.52. The topological polar surface area (TPSA) is 44.4 Å². The number of hydrogen-bond donors (Lipinski definition) is 2. The highest BCUT2D eigenvalue weighted by Crippen LogP contribution is 2.24. The van der Waals surface area contributed by atoms with Crippen molar-refractivity contribution in [2.75, 3.05) is 13.6 Å². The summed E-state index contributed by atoms with van der Waals surface area (Å²) in [5, 5.41) is 6.71. The standard InChI is InChI=1S/C20H31N3O/c1-21-20(24)19-13-18(22-17-11-7-2-3-8-12-17)15-23(19)14-16-9-5-4-6-10-16/h4-6,9-10,17-19,22H,2-3,7-8,11-15H2,1H3,(H,21,24)/t18-,19+/m1/s1. The maximum absolute atomic E-state index is 12.3. The Morgan fingerprint density at radius 1 is 1.08 bits per heavy atom. The number of carbonyl (C=O) groups excluding carboxylic acids is 1. The van der Waals surface area contributed by atoms with Gasteiger partial charge in [0.15, 0.2) is 0 Å². The number of likely N-dealkylation sites (tertiary alicyclic amines) is 1. The molecule has 1 aromatic carbocycles. The average Bonchev–Trinajstić information content (AvgIpc) is 2.81. The third kappa shape index (κ3) is 4.58. The van der Waals surface area contributed by atoms with E-state index >= 15 is 0 Å². The van der Waals surface area contributed by atoms with E-state index in [1.54, 1.807) is 7.05 Å². The molecule has 1 heterocycles. The number of benzene rings is 1. The first kappa shape index (κ1) is 17.4. The fourth-order valence-electron chi connectivity index (χ4n) is 4.24. The smallest absolute Gasteiger partial charge is 0.237 e. The Morgan fingerprint density at radius 3 is 2.46 bits per heavy atom. The van der Waals surface area contributed by atoms with E-state index < -0.39 is 0 Å². The minimum atomic E-state index is -0.0153. The van der Waals surface area contributed by atoms with Crippen LogP contribution in [-0.4, -0.2) is 42.5 Å². The van der Waals surface area contributed by atoms with Gasteiger partial charge in [0.25, 0.3) is 0 Å². The van der Waals surface area contributed by atoms with Crippen molar-refractivity contribution in [3.8, 4) is 0 Å². The van der Waals surface area contributed by atoms with Crippen LogP contribution in [0.15, 0.2) is 30.3 Å². The van der Waals surface area contributed by atoms with Crippen molar-refractivity contribution >= 4 is 5.91 Å². The van der Waals surface area contributed by atoms with Crippen molar-refractivity contribution in [2.45, 2.75) is 69.6 Å². The minimum absolute atomic E-state index is 0.0153. The third-order valence-corrected chi connectivity index (χ3v) is 5.51. The molecule has 24 heavy (non-hydrogen) atoms. The number of amides is 1. The SMILES string of the molecule is CNC(=O)[C@@H]1C[C@@H](NC2CCCCCC2)CN1Cc1ccccc1. The fraction of sp³-hybridized carbons (Fsp3) is 0.650. The van der Waals surface area contributed by atoms with Crippen molar-refractivity contribution in [2.24, 2.45) is 0 Å². The van der Waals surface area contributed by atoms with Crippen LogP contribution in [0.5, 0.6) is 0 Å². The summed E-state index contributed by atoms with van der Waals surface area (Å²) in [6, 6.07) is 11.5. The molecule has 0 aromatic heterocycles. The molecule has 0 unspecified atom stereocenters. The Bertz CT molecular complexity index is 511. The molecular weight excluding hydrogens is 298 g/mol. The highest BCUT2D eigenvalue weighted by molar-refractivity contribution is 5.81. The first-order valence-corrected chi connectivity index (χ1v) is 9.52. The van der Waals surface area contributed by atoms with Gasteiger partial charge in [0.1, 0.15) is 0 Å². The second-order valence-corrected chi connectivity index (χ2v) is 7.33. The highest BCUT2D eigenvalue weighted by atomic mass is 16.2. The molecule has 4 heteroatoms. The zero-order valence-electron chi connectivity index (χ0n) is 14.8. The van der Waals surface area contributed by atoms with E-state index in [1.807, 2.05) is 6.07 Å². The molecular formula is C20H31N3O. The van der Waals surface area contributed by atoms with Crippen LogP contribution >= 0.6 is 0 Å². The summed E-state index contributed by atoms with van der Waals surface area (Å²) in [7, 11) is 1.75. The van der Waals surface area contributed by atoms with Crippen LogP contribution in [0.3, 0.4) is 0 Å². The Labute approximate surface area is 146 Å². The summed E-state index contributed by atoms with van der Waals surface area (Å²) in [5.41, 5.74) is 1.28. The highest BCUT2D eigenvalue weighted by Gasteiger charge is 2.36. The van der Waals surface area contributed by atoms with Crippen molar-refractivity contribution < 1.29 is 4.79 Å². The van der Waals surface area contributed by atoms with Crippen LogP contribution < -0.4 is 10.6 Å². The van der Waals surface area contributed by atoms with Crippen molar-refractivity contribution in [3.05, 3.63) is 35.9 Å². The molecule has 1 saturated carbocycles. The molecule has 1 saturated heterocycles. The lowest BCUT2D eigenvalue weighted by Crippen LogP contribution is -2.41. The molecule has 2 atom stereocenters. The van der Waals surface area contributed by atoms with Gasteiger partial charge in [-0.15, -0.1) is 0 Å². The Kier molecular flexibility index (Phi) is 6.27. The predicted octanol–water partition coefficient (Wildman–Crippen LogP) is 2.69. The van der Waals surface area contributed by atoms with Gasteiger partial charge in [0.2, 0.25) is 5.91 Å². The molecule has 1 aromatic rings. The van der Waals surface area contributed by atoms with E-state index in [-0.39, 0.29) is 11.9 Å². The molecule has 132 valence electrons. The summed E-state index contributed by atoms with van der Waals surface area (Å²) in [6.45, 7) is 1.81. The summed E-state index contributed by atoms with van der Waals surface area (Å²) in [6.07, 6.45) is 8.95. The molecule has 1 amide bonds. The van der Waals surface area contributed by atoms with Gasteiger partial charge in [-0.3, -0.25) is 9.69 Å². The Hall–Kier alpha value is -1.39. The summed E-state index contributed by atoms with van der Waals surface area (Å²) in [4.78, 5) is 14.7. The van der Waals surface area contributed by atoms with Crippen LogP contribution in [0.1, 0.15) is 50.5 Å². The van der Waals surface area contributed by atoms with E-state index in [0.717, 1.165) is 19.5 Å². The van der Waals surface area contributed by atoms with Gasteiger partial charge in [-0.1, -0.05) is 56.0 Å². The molecule has 0 spiro atoms. The van der Waals surface area contributed by atoms with Crippen molar-refractivity contribution in [1.29, 1.82) is 0 Å². The van der Waals surface area contributed by atoms with Gasteiger partial charge < -0.3 is 10.6 Å². The van der Waals surface area contributed by atoms with E-state index in [0.29, 0.717) is 12.1 Å². The van der Waals surface area contributed by atoms with Crippen LogP contribution in [0, 0.1) is 0 Å². The molecule has 2 N–H and O–H groups in total. The zero-order valence-corrected chi connectivity index (χ0v) is 14.8. The van der Waals surface area contributed by atoms with E-state index in [1.165, 1.54) is 44.1 Å². The van der Waals surface area contributed by atoms with E-state index in [2.05, 4.69) is 39.8 Å². The molecule has 2 fully saturated rings. The summed E-state index contributed by atoms with van der Waals surface area (Å²) >= 11 is 0. The van der Waals surface area contributed by atoms with Gasteiger partial charge in [-0.05, 0) is 24.8 Å². The molecule has 4 nitrogen and oxygen atoms in total. The average molecular weight is 329 g/mol. The van der Waals surface area contributed by atoms with Gasteiger partial charge in [-0.2, -0.15) is 0 Å². The third-order valence-electron chi connectivity index (χ3n) is 5.51. The van der Waals surface area contributed by atoms with Crippen LogP contribution in [0.4, 0.5) is 0 Å². The van der Waals surface area contributed by atoms with Crippen LogP contribution in [0.2, 0.25) is 0 Å². The largest absolute Gasteiger partial charge is 0.358 e. The van der Waals surface area contributed by atoms with Gasteiger partial charge >= 0.3 is 0 Å². The first-order chi connectivity index (χ1) is 11.8. The van der Waals surface area contributed by atoms with Gasteiger partial charge in [0.05, 0.1) is 6.04 Å². The lowest BCUT2D eigenvalue weighted by Gasteiger charge is -2.23. The zero-order chi connectivity index (χ0) is 16.8. The number of nitrogens with one attached hydrogen (secondary N) is 2. The van der Waals surface area contributed by atoms with E-state index in [4.69, 9.17) is 0 Å². The number of rotatable bonds is 5. The monoisotopic (exact) mass is 329 g/mol. The predicted molar refractivity (Wildman–Crippen MR) is 97.7 cm³/mol. The molecule has 1 aliphatic heterocycles. The Balaban J connectivity index is 1.62. The van der Waals surface area contributed by atoms with Gasteiger partial charge in [-0.25, -0.2) is 0 Å². The van der Waals surface area contributed by atoms with Gasteiger partial charge in [0, 0.05) is 32.2 Å². The molecule has 0 bridgehead atoms. The summed E-state index contributed by atoms with van der Waals surface area (Å²) < 4.78 is 0. The second-order valence-electron chi connectivity index (χ2n) is 7.33. The van der Waals surface area contributed by atoms with Crippen molar-refractivity contribution in [1.82, 2.24) is 15.5 Å². The lowest BCUT2D eigenvalue weighted by atomic mass is 10.1. The second kappa shape index (κ2) is 8.63. The lowest BCUT2D eigenvalue weighted by molar-refractivity contribution is -0.125. The van der Waals surface area contributed by atoms with Crippen molar-refractivity contribution in [3.63, 3.8) is 0 Å². The fourth-order valence-corrected chi connectivity index (χ4v) is 4.24. The van der Waals surface area contributed by atoms with Crippen LogP contribution in [-0.2, 0) is 11.3 Å². The number of nitrogens with zero attached hydrogens (tertiary/aromatic N) is 1. The Morgan fingerprint density at radius 2 is 1.79 bits per heavy atom. The van der Waals surface area contributed by atoms with Crippen LogP contribution in [0.25, 0.3) is 0 Å². The quantitative estimate of drug-likeness (QED) is 0.817. The molecule has 0 radical (unpaired) electrons. The van der Waals surface area contributed by atoms with E-state index in [9.17, 15) is 4.79 Å². The summed E-state index contributed by atoms with van der Waals surface area (Å²) in [5.74, 6) is 0.149. The normalized spacial score (nSPS) is 26.2. The number of carbonyl (C=O) groups is 1. The minimum Gasteiger partial charge on any atom is -0.358 e. The molecule has 1 aliphatic carbocycles. The number of hydrogen-bond acceptors (Lipinski definition) is 3. The maximum Gasteiger partial charge on any atom is 0.237 e. The number of likely N-dealkylation sites (N-methyl/N-ethyl adjacent to an activating group) is 1.